The van der Waals surface area contributed by atoms with E-state index in [1.54, 1.807) is 0 Å². The third-order valence-electron chi connectivity index (χ3n) is 1.32. The molecular weight excluding hydrogens is 118 g/mol. The minimum Gasteiger partial charge on any atom is -0.359 e. The van der Waals surface area contributed by atoms with E-state index in [1.807, 2.05) is 13.8 Å². The van der Waals surface area contributed by atoms with E-state index in [2.05, 4.69) is 5.32 Å². The van der Waals surface area contributed by atoms with E-state index in [4.69, 9.17) is 4.74 Å². The number of carbonyl (C=O) groups is 1. The van der Waals surface area contributed by atoms with Gasteiger partial charge in [0.2, 0.25) is 0 Å². The first-order valence-electron chi connectivity index (χ1n) is 3.01. The Hall–Kier alpha value is -0.410. The van der Waals surface area contributed by atoms with Crippen LogP contribution < -0.4 is 5.32 Å². The molecule has 1 saturated heterocycles. The lowest BCUT2D eigenvalue weighted by atomic mass is 10.3. The zero-order valence-corrected chi connectivity index (χ0v) is 5.68. The molecule has 0 aromatic heterocycles. The molecule has 1 atom stereocenters. The molecule has 9 heavy (non-hydrogen) atoms. The maximum atomic E-state index is 10.2. The van der Waals surface area contributed by atoms with Gasteiger partial charge in [0.1, 0.15) is 12.0 Å². The van der Waals surface area contributed by atoms with Crippen LogP contribution in [0.25, 0.3) is 0 Å². The van der Waals surface area contributed by atoms with E-state index < -0.39 is 0 Å². The van der Waals surface area contributed by atoms with Gasteiger partial charge in [0, 0.05) is 0 Å². The van der Waals surface area contributed by atoms with Crippen LogP contribution in [-0.2, 0) is 9.53 Å². The summed E-state index contributed by atoms with van der Waals surface area (Å²) >= 11 is 0. The van der Waals surface area contributed by atoms with E-state index in [-0.39, 0.29) is 11.8 Å². The lowest BCUT2D eigenvalue weighted by Crippen LogP contribution is -2.38. The Kier molecular flexibility index (Phi) is 1.55. The van der Waals surface area contributed by atoms with Crippen molar-refractivity contribution >= 4 is 6.29 Å². The van der Waals surface area contributed by atoms with Crippen LogP contribution in [0.5, 0.6) is 0 Å². The number of aldehydes is 1. The van der Waals surface area contributed by atoms with Crippen molar-refractivity contribution in [3.05, 3.63) is 0 Å². The first-order chi connectivity index (χ1) is 4.14. The van der Waals surface area contributed by atoms with Gasteiger partial charge in [-0.05, 0) is 13.8 Å². The van der Waals surface area contributed by atoms with Crippen LogP contribution in [0.1, 0.15) is 13.8 Å². The Balaban J connectivity index is 2.47. The average molecular weight is 129 g/mol. The number of ether oxygens (including phenoxy) is 1. The topological polar surface area (TPSA) is 38.3 Å². The third-order valence-corrected chi connectivity index (χ3v) is 1.32. The van der Waals surface area contributed by atoms with Gasteiger partial charge in [0.25, 0.3) is 0 Å². The fourth-order valence-corrected chi connectivity index (χ4v) is 0.901. The molecule has 1 aliphatic rings. The molecule has 0 aromatic rings. The summed E-state index contributed by atoms with van der Waals surface area (Å²) < 4.78 is 5.20. The van der Waals surface area contributed by atoms with E-state index in [0.29, 0.717) is 6.61 Å². The number of rotatable bonds is 1. The molecule has 0 amide bonds. The van der Waals surface area contributed by atoms with Crippen molar-refractivity contribution in [2.75, 3.05) is 6.61 Å². The van der Waals surface area contributed by atoms with Crippen molar-refractivity contribution in [1.82, 2.24) is 5.32 Å². The van der Waals surface area contributed by atoms with Gasteiger partial charge in [-0.25, -0.2) is 0 Å². The number of hydrogen-bond acceptors (Lipinski definition) is 3. The van der Waals surface area contributed by atoms with Crippen LogP contribution in [0.2, 0.25) is 0 Å². The molecule has 1 rings (SSSR count). The summed E-state index contributed by atoms with van der Waals surface area (Å²) in [6.07, 6.45) is 0.870. The molecule has 0 spiro atoms. The monoisotopic (exact) mass is 129 g/mol. The van der Waals surface area contributed by atoms with Gasteiger partial charge in [-0.15, -0.1) is 0 Å². The molecule has 0 saturated carbocycles. The second-order valence-corrected chi connectivity index (χ2v) is 2.71. The van der Waals surface area contributed by atoms with Crippen LogP contribution in [0, 0.1) is 0 Å². The molecule has 0 unspecified atom stereocenters. The highest BCUT2D eigenvalue weighted by molar-refractivity contribution is 5.58. The molecule has 0 radical (unpaired) electrons. The van der Waals surface area contributed by atoms with Crippen LogP contribution in [0.15, 0.2) is 0 Å². The van der Waals surface area contributed by atoms with Crippen molar-refractivity contribution in [2.45, 2.75) is 25.6 Å². The SMILES string of the molecule is CC1(C)N[C@@H](C=O)CO1. The molecule has 3 nitrogen and oxygen atoms in total. The first-order valence-corrected chi connectivity index (χ1v) is 3.01. The highest BCUT2D eigenvalue weighted by atomic mass is 16.5. The zero-order chi connectivity index (χ0) is 6.91. The fourth-order valence-electron chi connectivity index (χ4n) is 0.901. The van der Waals surface area contributed by atoms with Crippen molar-refractivity contribution in [1.29, 1.82) is 0 Å². The fraction of sp³-hybridized carbons (Fsp3) is 0.833. The predicted octanol–water partition coefficient (Wildman–Crippen LogP) is -0.0902. The van der Waals surface area contributed by atoms with Crippen molar-refractivity contribution in [3.8, 4) is 0 Å². The normalized spacial score (nSPS) is 32.4. The lowest BCUT2D eigenvalue weighted by Gasteiger charge is -2.16. The van der Waals surface area contributed by atoms with E-state index in [9.17, 15) is 4.79 Å². The maximum absolute atomic E-state index is 10.2. The Bertz CT molecular complexity index is 122. The van der Waals surface area contributed by atoms with E-state index in [0.717, 1.165) is 6.29 Å². The first kappa shape index (κ1) is 6.71. The summed E-state index contributed by atoms with van der Waals surface area (Å²) in [6.45, 7) is 4.30. The second-order valence-electron chi connectivity index (χ2n) is 2.71. The molecule has 1 N–H and O–H groups in total. The van der Waals surface area contributed by atoms with Gasteiger partial charge >= 0.3 is 0 Å². The maximum Gasteiger partial charge on any atom is 0.139 e. The molecule has 1 aliphatic heterocycles. The molecular formula is C6H11NO2. The number of carbonyl (C=O) groups excluding carboxylic acids is 1. The zero-order valence-electron chi connectivity index (χ0n) is 5.68. The molecule has 0 bridgehead atoms. The van der Waals surface area contributed by atoms with E-state index in [1.165, 1.54) is 0 Å². The minimum atomic E-state index is -0.314. The standard InChI is InChI=1S/C6H11NO2/c1-6(2)7-5(3-8)4-9-6/h3,5,7H,4H2,1-2H3/t5-/m0/s1. The van der Waals surface area contributed by atoms with Crippen molar-refractivity contribution in [2.24, 2.45) is 0 Å². The largest absolute Gasteiger partial charge is 0.359 e. The Morgan fingerprint density at radius 3 is 2.67 bits per heavy atom. The summed E-state index contributed by atoms with van der Waals surface area (Å²) in [5, 5.41) is 2.99. The van der Waals surface area contributed by atoms with Gasteiger partial charge in [0.15, 0.2) is 0 Å². The highest BCUT2D eigenvalue weighted by Crippen LogP contribution is 2.12. The van der Waals surface area contributed by atoms with Gasteiger partial charge in [-0.3, -0.25) is 5.32 Å². The van der Waals surface area contributed by atoms with Crippen molar-refractivity contribution < 1.29 is 9.53 Å². The van der Waals surface area contributed by atoms with Crippen LogP contribution >= 0.6 is 0 Å². The second kappa shape index (κ2) is 2.08. The third kappa shape index (κ3) is 1.50. The minimum absolute atomic E-state index is 0.111. The van der Waals surface area contributed by atoms with Crippen LogP contribution in [0.3, 0.4) is 0 Å². The molecule has 0 aromatic carbocycles. The smallest absolute Gasteiger partial charge is 0.139 e. The van der Waals surface area contributed by atoms with Crippen LogP contribution in [0.4, 0.5) is 0 Å². The number of hydrogen-bond donors (Lipinski definition) is 1. The summed E-state index contributed by atoms with van der Waals surface area (Å²) in [5.41, 5.74) is -0.314. The predicted molar refractivity (Wildman–Crippen MR) is 33.0 cm³/mol. The summed E-state index contributed by atoms with van der Waals surface area (Å²) in [4.78, 5) is 10.2. The van der Waals surface area contributed by atoms with Gasteiger partial charge in [-0.1, -0.05) is 0 Å². The molecule has 0 aliphatic carbocycles. The van der Waals surface area contributed by atoms with Gasteiger partial charge in [-0.2, -0.15) is 0 Å². The highest BCUT2D eigenvalue weighted by Gasteiger charge is 2.29. The molecule has 3 heteroatoms. The molecule has 1 heterocycles. The van der Waals surface area contributed by atoms with E-state index >= 15 is 0 Å². The quantitative estimate of drug-likeness (QED) is 0.503. The van der Waals surface area contributed by atoms with Gasteiger partial charge < -0.3 is 9.53 Å². The van der Waals surface area contributed by atoms with Crippen molar-refractivity contribution in [3.63, 3.8) is 0 Å². The van der Waals surface area contributed by atoms with Gasteiger partial charge in [0.05, 0.1) is 12.6 Å². The summed E-state index contributed by atoms with van der Waals surface area (Å²) in [6, 6.07) is -0.111. The summed E-state index contributed by atoms with van der Waals surface area (Å²) in [5.74, 6) is 0. The molecule has 52 valence electrons. The Morgan fingerprint density at radius 2 is 2.44 bits per heavy atom. The summed E-state index contributed by atoms with van der Waals surface area (Å²) in [7, 11) is 0. The average Bonchev–Trinajstić information content (AvgIpc) is 2.10. The Labute approximate surface area is 54.4 Å². The molecule has 1 fully saturated rings. The lowest BCUT2D eigenvalue weighted by molar-refractivity contribution is -0.109. The van der Waals surface area contributed by atoms with Crippen LogP contribution in [-0.4, -0.2) is 24.7 Å². The number of nitrogens with one attached hydrogen (secondary N) is 1. The Morgan fingerprint density at radius 1 is 1.78 bits per heavy atom.